The third kappa shape index (κ3) is 5.07. The Bertz CT molecular complexity index is 537. The van der Waals surface area contributed by atoms with Gasteiger partial charge in [0.1, 0.15) is 6.10 Å². The van der Waals surface area contributed by atoms with E-state index in [0.717, 1.165) is 31.5 Å². The Hall–Kier alpha value is -1.86. The van der Waals surface area contributed by atoms with Crippen molar-refractivity contribution in [2.24, 2.45) is 0 Å². The van der Waals surface area contributed by atoms with Gasteiger partial charge in [-0.2, -0.15) is 18.2 Å². The van der Waals surface area contributed by atoms with Gasteiger partial charge in [-0.15, -0.1) is 0 Å². The van der Waals surface area contributed by atoms with E-state index < -0.39 is 11.9 Å². The highest BCUT2D eigenvalue weighted by Crippen LogP contribution is 2.28. The van der Waals surface area contributed by atoms with Gasteiger partial charge in [0.2, 0.25) is 5.91 Å². The Morgan fingerprint density at radius 2 is 2.26 bits per heavy atom. The molecule has 1 aromatic rings. The fourth-order valence-electron chi connectivity index (χ4n) is 2.45. The minimum Gasteiger partial charge on any atom is -0.458 e. The summed E-state index contributed by atoms with van der Waals surface area (Å²) >= 11 is 0. The number of hydrogen-bond acceptors (Lipinski definition) is 4. The Morgan fingerprint density at radius 3 is 2.96 bits per heavy atom. The topological polar surface area (TPSA) is 55.3 Å². The van der Waals surface area contributed by atoms with E-state index >= 15 is 0 Å². The molecule has 1 aliphatic rings. The van der Waals surface area contributed by atoms with E-state index in [1.165, 1.54) is 0 Å². The molecular weight excluding hydrogens is 311 g/mol. The van der Waals surface area contributed by atoms with Crippen LogP contribution in [0.15, 0.2) is 12.3 Å². The summed E-state index contributed by atoms with van der Waals surface area (Å²) in [6.45, 7) is 3.04. The Labute approximate surface area is 132 Å². The van der Waals surface area contributed by atoms with Crippen molar-refractivity contribution in [3.63, 3.8) is 0 Å². The van der Waals surface area contributed by atoms with Crippen LogP contribution in [0, 0.1) is 0 Å². The fourth-order valence-corrected chi connectivity index (χ4v) is 2.45. The predicted molar refractivity (Wildman–Crippen MR) is 76.8 cm³/mol. The molecule has 0 bridgehead atoms. The SMILES string of the molecule is CCCCC(=O)N1CCCC(Oc2nccc(C(F)(F)F)n2)C1. The van der Waals surface area contributed by atoms with Gasteiger partial charge >= 0.3 is 12.2 Å². The van der Waals surface area contributed by atoms with Crippen molar-refractivity contribution in [3.05, 3.63) is 18.0 Å². The molecule has 2 heterocycles. The van der Waals surface area contributed by atoms with Crippen LogP contribution in [-0.2, 0) is 11.0 Å². The first-order valence-corrected chi connectivity index (χ1v) is 7.75. The lowest BCUT2D eigenvalue weighted by molar-refractivity contribution is -0.141. The van der Waals surface area contributed by atoms with E-state index in [4.69, 9.17) is 4.74 Å². The lowest BCUT2D eigenvalue weighted by atomic mass is 10.1. The van der Waals surface area contributed by atoms with Gasteiger partial charge in [-0.3, -0.25) is 4.79 Å². The molecule has 1 amide bonds. The molecule has 8 heteroatoms. The zero-order valence-electron chi connectivity index (χ0n) is 13.0. The third-order valence-corrected chi connectivity index (χ3v) is 3.67. The number of likely N-dealkylation sites (tertiary alicyclic amines) is 1. The van der Waals surface area contributed by atoms with Gasteiger partial charge in [-0.05, 0) is 25.3 Å². The van der Waals surface area contributed by atoms with Crippen LogP contribution in [0.25, 0.3) is 0 Å². The molecule has 0 aromatic carbocycles. The average Bonchev–Trinajstić information content (AvgIpc) is 2.52. The lowest BCUT2D eigenvalue weighted by Crippen LogP contribution is -2.44. The number of carbonyl (C=O) groups excluding carboxylic acids is 1. The molecule has 0 N–H and O–H groups in total. The summed E-state index contributed by atoms with van der Waals surface area (Å²) in [5.41, 5.74) is -1.03. The number of rotatable bonds is 5. The molecule has 1 unspecified atom stereocenters. The second-order valence-electron chi connectivity index (χ2n) is 5.55. The summed E-state index contributed by atoms with van der Waals surface area (Å²) in [4.78, 5) is 20.9. The van der Waals surface area contributed by atoms with Crippen LogP contribution in [0.3, 0.4) is 0 Å². The standard InChI is InChI=1S/C15H20F3N3O2/c1-2-3-6-13(22)21-9-4-5-11(10-21)23-14-19-8-7-12(20-14)15(16,17)18/h7-8,11H,2-6,9-10H2,1H3. The van der Waals surface area contributed by atoms with Crippen LogP contribution >= 0.6 is 0 Å². The zero-order chi connectivity index (χ0) is 16.9. The molecular formula is C15H20F3N3O2. The van der Waals surface area contributed by atoms with E-state index in [9.17, 15) is 18.0 Å². The number of halogens is 3. The molecule has 1 fully saturated rings. The first-order valence-electron chi connectivity index (χ1n) is 7.75. The fraction of sp³-hybridized carbons (Fsp3) is 0.667. The molecule has 0 radical (unpaired) electrons. The van der Waals surface area contributed by atoms with Crippen LogP contribution in [0.5, 0.6) is 6.01 Å². The number of unbranched alkanes of at least 4 members (excludes halogenated alkanes) is 1. The summed E-state index contributed by atoms with van der Waals surface area (Å²) < 4.78 is 43.4. The number of piperidine rings is 1. The summed E-state index contributed by atoms with van der Waals surface area (Å²) in [5.74, 6) is 0.0603. The molecule has 1 aromatic heterocycles. The summed E-state index contributed by atoms with van der Waals surface area (Å²) in [6, 6.07) is 0.501. The average molecular weight is 331 g/mol. The van der Waals surface area contributed by atoms with Crippen LogP contribution in [0.4, 0.5) is 13.2 Å². The van der Waals surface area contributed by atoms with E-state index in [2.05, 4.69) is 9.97 Å². The molecule has 1 aliphatic heterocycles. The molecule has 2 rings (SSSR count). The highest BCUT2D eigenvalue weighted by atomic mass is 19.4. The van der Waals surface area contributed by atoms with Gasteiger partial charge in [-0.25, -0.2) is 4.98 Å². The summed E-state index contributed by atoms with van der Waals surface area (Å²) in [7, 11) is 0. The Morgan fingerprint density at radius 1 is 1.48 bits per heavy atom. The minimum absolute atomic E-state index is 0.0603. The van der Waals surface area contributed by atoms with Gasteiger partial charge in [0.25, 0.3) is 0 Å². The van der Waals surface area contributed by atoms with Crippen molar-refractivity contribution in [2.45, 2.75) is 51.3 Å². The van der Waals surface area contributed by atoms with Crippen LogP contribution in [-0.4, -0.2) is 40.0 Å². The predicted octanol–water partition coefficient (Wildman–Crippen LogP) is 3.06. The van der Waals surface area contributed by atoms with Crippen molar-refractivity contribution < 1.29 is 22.7 Å². The molecule has 1 atom stereocenters. The maximum Gasteiger partial charge on any atom is 0.433 e. The first-order chi connectivity index (χ1) is 10.9. The van der Waals surface area contributed by atoms with Crippen molar-refractivity contribution in [1.82, 2.24) is 14.9 Å². The molecule has 128 valence electrons. The van der Waals surface area contributed by atoms with E-state index in [-0.39, 0.29) is 18.0 Å². The van der Waals surface area contributed by atoms with Crippen LogP contribution < -0.4 is 4.74 Å². The number of aromatic nitrogens is 2. The highest BCUT2D eigenvalue weighted by Gasteiger charge is 2.33. The van der Waals surface area contributed by atoms with Crippen LogP contribution in [0.1, 0.15) is 44.7 Å². The molecule has 0 aliphatic carbocycles. The second kappa shape index (κ2) is 7.61. The van der Waals surface area contributed by atoms with Gasteiger partial charge in [0.05, 0.1) is 6.54 Å². The molecule has 1 saturated heterocycles. The van der Waals surface area contributed by atoms with Crippen molar-refractivity contribution in [2.75, 3.05) is 13.1 Å². The smallest absolute Gasteiger partial charge is 0.433 e. The normalized spacial score (nSPS) is 18.8. The number of ether oxygens (including phenoxy) is 1. The van der Waals surface area contributed by atoms with Gasteiger partial charge in [0, 0.05) is 19.2 Å². The third-order valence-electron chi connectivity index (χ3n) is 3.67. The number of nitrogens with zero attached hydrogens (tertiary/aromatic N) is 3. The minimum atomic E-state index is -4.53. The van der Waals surface area contributed by atoms with E-state index in [1.54, 1.807) is 4.90 Å². The number of amides is 1. The van der Waals surface area contributed by atoms with E-state index in [0.29, 0.717) is 25.9 Å². The van der Waals surface area contributed by atoms with Gasteiger partial charge < -0.3 is 9.64 Å². The van der Waals surface area contributed by atoms with Crippen molar-refractivity contribution in [1.29, 1.82) is 0 Å². The molecule has 0 spiro atoms. The number of alkyl halides is 3. The Balaban J connectivity index is 1.96. The lowest BCUT2D eigenvalue weighted by Gasteiger charge is -2.32. The van der Waals surface area contributed by atoms with Gasteiger partial charge in [-0.1, -0.05) is 13.3 Å². The second-order valence-corrected chi connectivity index (χ2v) is 5.55. The van der Waals surface area contributed by atoms with Crippen molar-refractivity contribution >= 4 is 5.91 Å². The van der Waals surface area contributed by atoms with E-state index in [1.807, 2.05) is 6.92 Å². The monoisotopic (exact) mass is 331 g/mol. The first kappa shape index (κ1) is 17.5. The zero-order valence-corrected chi connectivity index (χ0v) is 13.0. The quantitative estimate of drug-likeness (QED) is 0.832. The summed E-state index contributed by atoms with van der Waals surface area (Å²) in [6.07, 6.45) is -0.205. The molecule has 0 saturated carbocycles. The molecule has 5 nitrogen and oxygen atoms in total. The van der Waals surface area contributed by atoms with Crippen LogP contribution in [0.2, 0.25) is 0 Å². The van der Waals surface area contributed by atoms with Gasteiger partial charge in [0.15, 0.2) is 5.69 Å². The Kier molecular flexibility index (Phi) is 5.79. The summed E-state index contributed by atoms with van der Waals surface area (Å²) in [5, 5.41) is 0. The molecule has 23 heavy (non-hydrogen) atoms. The maximum absolute atomic E-state index is 12.6. The maximum atomic E-state index is 12.6. The van der Waals surface area contributed by atoms with Crippen molar-refractivity contribution in [3.8, 4) is 6.01 Å². The number of carbonyl (C=O) groups is 1. The largest absolute Gasteiger partial charge is 0.458 e. The number of hydrogen-bond donors (Lipinski definition) is 0. The highest BCUT2D eigenvalue weighted by molar-refractivity contribution is 5.76.